The third kappa shape index (κ3) is 4.85. The molecule has 1 heterocycles. The van der Waals surface area contributed by atoms with Crippen LogP contribution in [0.1, 0.15) is 59.8 Å². The van der Waals surface area contributed by atoms with E-state index < -0.39 is 11.2 Å². The molecule has 128 valence electrons. The molecule has 1 amide bonds. The van der Waals surface area contributed by atoms with Crippen LogP contribution in [0.3, 0.4) is 0 Å². The van der Waals surface area contributed by atoms with E-state index in [-0.39, 0.29) is 12.1 Å². The Morgan fingerprint density at radius 2 is 2.00 bits per heavy atom. The molecule has 1 aliphatic heterocycles. The van der Waals surface area contributed by atoms with Gasteiger partial charge in [-0.3, -0.25) is 0 Å². The molecule has 0 aromatic rings. The minimum absolute atomic E-state index is 0.228. The number of aliphatic hydroxyl groups is 1. The van der Waals surface area contributed by atoms with Crippen molar-refractivity contribution in [2.24, 2.45) is 5.92 Å². The average Bonchev–Trinajstić information content (AvgIpc) is 2.83. The van der Waals surface area contributed by atoms with E-state index in [1.165, 1.54) is 0 Å². The standard InChI is InChI=1S/C17H32N2O3/c1-13-7-10-19(15(20)22-16(2,3)4)11-14(13)18-12-17(21)8-5-6-9-17/h13-14,18,21H,5-12H2,1-4H3. The van der Waals surface area contributed by atoms with Gasteiger partial charge in [0.15, 0.2) is 0 Å². The summed E-state index contributed by atoms with van der Waals surface area (Å²) in [5.74, 6) is 0.503. The summed E-state index contributed by atoms with van der Waals surface area (Å²) < 4.78 is 5.47. The fourth-order valence-electron chi connectivity index (χ4n) is 3.36. The Hall–Kier alpha value is -0.810. The molecule has 0 aromatic carbocycles. The molecule has 1 aliphatic carbocycles. The molecular formula is C17H32N2O3. The fraction of sp³-hybridized carbons (Fsp3) is 0.941. The number of nitrogens with zero attached hydrogens (tertiary/aromatic N) is 1. The molecule has 2 fully saturated rings. The predicted octanol–water partition coefficient (Wildman–Crippen LogP) is 2.53. The van der Waals surface area contributed by atoms with Gasteiger partial charge in [0.1, 0.15) is 5.60 Å². The van der Waals surface area contributed by atoms with Gasteiger partial charge >= 0.3 is 6.09 Å². The molecule has 22 heavy (non-hydrogen) atoms. The van der Waals surface area contributed by atoms with Crippen molar-refractivity contribution >= 4 is 6.09 Å². The van der Waals surface area contributed by atoms with Crippen LogP contribution in [-0.2, 0) is 4.74 Å². The van der Waals surface area contributed by atoms with Crippen molar-refractivity contribution < 1.29 is 14.6 Å². The van der Waals surface area contributed by atoms with Gasteiger partial charge in [0.25, 0.3) is 0 Å². The number of likely N-dealkylation sites (tertiary alicyclic amines) is 1. The van der Waals surface area contributed by atoms with Gasteiger partial charge in [-0.05, 0) is 46.0 Å². The van der Waals surface area contributed by atoms with Crippen molar-refractivity contribution in [3.8, 4) is 0 Å². The van der Waals surface area contributed by atoms with Crippen LogP contribution >= 0.6 is 0 Å². The first-order valence-corrected chi connectivity index (χ1v) is 8.62. The zero-order valence-electron chi connectivity index (χ0n) is 14.5. The summed E-state index contributed by atoms with van der Waals surface area (Å²) in [5.41, 5.74) is -1.00. The Balaban J connectivity index is 1.86. The number of nitrogens with one attached hydrogen (secondary N) is 1. The largest absolute Gasteiger partial charge is 0.444 e. The van der Waals surface area contributed by atoms with Crippen molar-refractivity contribution in [1.82, 2.24) is 10.2 Å². The van der Waals surface area contributed by atoms with Crippen LogP contribution in [0.5, 0.6) is 0 Å². The van der Waals surface area contributed by atoms with E-state index in [0.29, 0.717) is 19.0 Å². The summed E-state index contributed by atoms with van der Waals surface area (Å²) in [6.07, 6.45) is 4.74. The van der Waals surface area contributed by atoms with Gasteiger partial charge in [0, 0.05) is 25.7 Å². The fourth-order valence-corrected chi connectivity index (χ4v) is 3.36. The second kappa shape index (κ2) is 6.75. The molecule has 2 rings (SSSR count). The first-order valence-electron chi connectivity index (χ1n) is 8.62. The van der Waals surface area contributed by atoms with Crippen molar-refractivity contribution in [2.75, 3.05) is 19.6 Å². The minimum atomic E-state index is -0.548. The second-order valence-electron chi connectivity index (χ2n) is 8.11. The van der Waals surface area contributed by atoms with Crippen LogP contribution in [-0.4, -0.2) is 53.0 Å². The molecule has 5 heteroatoms. The van der Waals surface area contributed by atoms with Crippen LogP contribution in [0.4, 0.5) is 4.79 Å². The molecule has 0 radical (unpaired) electrons. The van der Waals surface area contributed by atoms with Crippen LogP contribution in [0.25, 0.3) is 0 Å². The van der Waals surface area contributed by atoms with Crippen molar-refractivity contribution in [3.05, 3.63) is 0 Å². The monoisotopic (exact) mass is 312 g/mol. The summed E-state index contributed by atoms with van der Waals surface area (Å²) in [6, 6.07) is 0.228. The number of amides is 1. The predicted molar refractivity (Wildman–Crippen MR) is 86.8 cm³/mol. The van der Waals surface area contributed by atoms with Crippen molar-refractivity contribution in [3.63, 3.8) is 0 Å². The molecule has 5 nitrogen and oxygen atoms in total. The highest BCUT2D eigenvalue weighted by Gasteiger charge is 2.35. The topological polar surface area (TPSA) is 61.8 Å². The van der Waals surface area contributed by atoms with Gasteiger partial charge in [-0.1, -0.05) is 19.8 Å². The molecule has 2 atom stereocenters. The third-order valence-corrected chi connectivity index (χ3v) is 4.84. The molecule has 1 saturated carbocycles. The number of hydrogen-bond donors (Lipinski definition) is 2. The smallest absolute Gasteiger partial charge is 0.410 e. The number of hydrogen-bond acceptors (Lipinski definition) is 4. The van der Waals surface area contributed by atoms with Crippen LogP contribution < -0.4 is 5.32 Å². The highest BCUT2D eigenvalue weighted by Crippen LogP contribution is 2.29. The molecular weight excluding hydrogens is 280 g/mol. The first-order chi connectivity index (χ1) is 10.2. The van der Waals surface area contributed by atoms with E-state index in [9.17, 15) is 9.90 Å². The third-order valence-electron chi connectivity index (χ3n) is 4.84. The Morgan fingerprint density at radius 1 is 1.36 bits per heavy atom. The number of carbonyl (C=O) groups is 1. The molecule has 0 bridgehead atoms. The summed E-state index contributed by atoms with van der Waals surface area (Å²) in [5, 5.41) is 14.0. The normalized spacial score (nSPS) is 28.7. The molecule has 2 N–H and O–H groups in total. The van der Waals surface area contributed by atoms with E-state index >= 15 is 0 Å². The number of rotatable bonds is 3. The average molecular weight is 312 g/mol. The van der Waals surface area contributed by atoms with Gasteiger partial charge in [-0.25, -0.2) is 4.79 Å². The van der Waals surface area contributed by atoms with Gasteiger partial charge in [0.2, 0.25) is 0 Å². The second-order valence-corrected chi connectivity index (χ2v) is 8.11. The zero-order valence-corrected chi connectivity index (χ0v) is 14.5. The summed E-state index contributed by atoms with van der Waals surface area (Å²) in [6.45, 7) is 9.92. The number of ether oxygens (including phenoxy) is 1. The SMILES string of the molecule is CC1CCN(C(=O)OC(C)(C)C)CC1NCC1(O)CCCC1. The van der Waals surface area contributed by atoms with Gasteiger partial charge < -0.3 is 20.1 Å². The van der Waals surface area contributed by atoms with E-state index in [1.54, 1.807) is 4.90 Å². The molecule has 0 aromatic heterocycles. The Kier molecular flexibility index (Phi) is 5.38. The zero-order chi connectivity index (χ0) is 16.4. The van der Waals surface area contributed by atoms with E-state index in [0.717, 1.165) is 38.6 Å². The van der Waals surface area contributed by atoms with E-state index in [4.69, 9.17) is 4.74 Å². The number of piperidine rings is 1. The molecule has 2 unspecified atom stereocenters. The lowest BCUT2D eigenvalue weighted by molar-refractivity contribution is 0.0102. The molecule has 2 aliphatic rings. The van der Waals surface area contributed by atoms with Crippen LogP contribution in [0.2, 0.25) is 0 Å². The maximum Gasteiger partial charge on any atom is 0.410 e. The van der Waals surface area contributed by atoms with Gasteiger partial charge in [-0.2, -0.15) is 0 Å². The lowest BCUT2D eigenvalue weighted by atomic mass is 9.92. The maximum absolute atomic E-state index is 12.2. The Bertz CT molecular complexity index is 386. The molecule has 1 saturated heterocycles. The van der Waals surface area contributed by atoms with Gasteiger partial charge in [-0.15, -0.1) is 0 Å². The Morgan fingerprint density at radius 3 is 2.59 bits per heavy atom. The van der Waals surface area contributed by atoms with Crippen LogP contribution in [0.15, 0.2) is 0 Å². The minimum Gasteiger partial charge on any atom is -0.444 e. The number of carbonyl (C=O) groups excluding carboxylic acids is 1. The van der Waals surface area contributed by atoms with Gasteiger partial charge in [0.05, 0.1) is 5.60 Å². The van der Waals surface area contributed by atoms with Crippen LogP contribution in [0, 0.1) is 5.92 Å². The van der Waals surface area contributed by atoms with Crippen molar-refractivity contribution in [1.29, 1.82) is 0 Å². The van der Waals surface area contributed by atoms with E-state index in [2.05, 4.69) is 12.2 Å². The lowest BCUT2D eigenvalue weighted by Crippen LogP contribution is -2.55. The maximum atomic E-state index is 12.2. The highest BCUT2D eigenvalue weighted by atomic mass is 16.6. The van der Waals surface area contributed by atoms with E-state index in [1.807, 2.05) is 20.8 Å². The highest BCUT2D eigenvalue weighted by molar-refractivity contribution is 5.68. The summed E-state index contributed by atoms with van der Waals surface area (Å²) >= 11 is 0. The van der Waals surface area contributed by atoms with Crippen molar-refractivity contribution in [2.45, 2.75) is 77.0 Å². The summed E-state index contributed by atoms with van der Waals surface area (Å²) in [7, 11) is 0. The Labute approximate surface area is 134 Å². The lowest BCUT2D eigenvalue weighted by Gasteiger charge is -2.39. The first kappa shape index (κ1) is 17.5. The molecule has 0 spiro atoms. The quantitative estimate of drug-likeness (QED) is 0.840. The summed E-state index contributed by atoms with van der Waals surface area (Å²) in [4.78, 5) is 14.0.